The van der Waals surface area contributed by atoms with Gasteiger partial charge in [-0.15, -0.1) is 22.9 Å². The van der Waals surface area contributed by atoms with Gasteiger partial charge in [-0.3, -0.25) is 9.59 Å². The lowest BCUT2D eigenvalue weighted by Gasteiger charge is -2.22. The molecule has 5 rings (SSSR count). The minimum atomic E-state index is -0.260. The molecule has 2 amide bonds. The third kappa shape index (κ3) is 5.55. The Kier molecular flexibility index (Phi) is 7.87. The quantitative estimate of drug-likeness (QED) is 0.256. The molecule has 2 heterocycles. The fourth-order valence-corrected chi connectivity index (χ4v) is 5.57. The van der Waals surface area contributed by atoms with Gasteiger partial charge in [-0.05, 0) is 66.1 Å². The number of halogens is 1. The summed E-state index contributed by atoms with van der Waals surface area (Å²) < 4.78 is 5.88. The smallest absolute Gasteiger partial charge is 0.258 e. The second kappa shape index (κ2) is 11.6. The molecule has 0 bridgehead atoms. The summed E-state index contributed by atoms with van der Waals surface area (Å²) in [5, 5.41) is 5.02. The van der Waals surface area contributed by atoms with Crippen LogP contribution in [0.3, 0.4) is 0 Å². The topological polar surface area (TPSA) is 58.6 Å². The molecule has 0 unspecified atom stereocenters. The Balaban J connectivity index is 1.43. The van der Waals surface area contributed by atoms with Gasteiger partial charge in [0.25, 0.3) is 11.8 Å². The molecular weight excluding hydrogens is 504 g/mol. The lowest BCUT2D eigenvalue weighted by atomic mass is 9.99. The van der Waals surface area contributed by atoms with Crippen molar-refractivity contribution in [1.29, 1.82) is 0 Å². The first-order valence-electron chi connectivity index (χ1n) is 12.3. The molecule has 0 atom stereocenters. The molecule has 5 nitrogen and oxygen atoms in total. The van der Waals surface area contributed by atoms with Gasteiger partial charge in [0.15, 0.2) is 0 Å². The van der Waals surface area contributed by atoms with Crippen molar-refractivity contribution in [2.75, 3.05) is 29.2 Å². The van der Waals surface area contributed by atoms with E-state index in [2.05, 4.69) is 5.32 Å². The lowest BCUT2D eigenvalue weighted by molar-refractivity contribution is 0.0985. The minimum Gasteiger partial charge on any atom is -0.490 e. The Hall–Kier alpha value is -3.61. The number of rotatable bonds is 7. The summed E-state index contributed by atoms with van der Waals surface area (Å²) in [6, 6.07) is 24.5. The van der Waals surface area contributed by atoms with Crippen LogP contribution < -0.4 is 15.0 Å². The van der Waals surface area contributed by atoms with E-state index in [-0.39, 0.29) is 24.3 Å². The number of amides is 2. The standard InChI is InChI=1S/C30H27ClN2O3S/c31-16-18-36-27-20-22(30(35)33-17-7-6-12-28-26(33)15-19-37-28)13-14-25(27)32-29(34)24-11-5-4-10-23(24)21-8-2-1-3-9-21/h1-5,8-11,13-15,19-20H,6-7,12,16-18H2,(H,32,34). The van der Waals surface area contributed by atoms with Gasteiger partial charge in [0, 0.05) is 22.5 Å². The number of ether oxygens (including phenoxy) is 1. The number of benzene rings is 3. The number of thiophene rings is 1. The molecule has 0 radical (unpaired) electrons. The van der Waals surface area contributed by atoms with Gasteiger partial charge in [0.1, 0.15) is 12.4 Å². The van der Waals surface area contributed by atoms with E-state index >= 15 is 0 Å². The van der Waals surface area contributed by atoms with Crippen LogP contribution in [0.25, 0.3) is 11.1 Å². The van der Waals surface area contributed by atoms with Crippen LogP contribution in [-0.2, 0) is 6.42 Å². The summed E-state index contributed by atoms with van der Waals surface area (Å²) in [6.45, 7) is 0.927. The summed E-state index contributed by atoms with van der Waals surface area (Å²) in [4.78, 5) is 30.0. The number of alkyl halides is 1. The van der Waals surface area contributed by atoms with E-state index in [4.69, 9.17) is 16.3 Å². The van der Waals surface area contributed by atoms with E-state index in [1.54, 1.807) is 35.6 Å². The van der Waals surface area contributed by atoms with E-state index in [0.29, 0.717) is 29.1 Å². The van der Waals surface area contributed by atoms with Gasteiger partial charge in [-0.2, -0.15) is 0 Å². The zero-order valence-corrected chi connectivity index (χ0v) is 21.9. The average Bonchev–Trinajstić information content (AvgIpc) is 3.31. The highest BCUT2D eigenvalue weighted by Crippen LogP contribution is 2.34. The van der Waals surface area contributed by atoms with E-state index < -0.39 is 0 Å². The second-order valence-electron chi connectivity index (χ2n) is 8.76. The van der Waals surface area contributed by atoms with Gasteiger partial charge in [-0.25, -0.2) is 0 Å². The van der Waals surface area contributed by atoms with Crippen LogP contribution in [0.15, 0.2) is 84.2 Å². The van der Waals surface area contributed by atoms with E-state index in [9.17, 15) is 9.59 Å². The predicted molar refractivity (Wildman–Crippen MR) is 151 cm³/mol. The van der Waals surface area contributed by atoms with E-state index in [1.165, 1.54) is 4.88 Å². The third-order valence-corrected chi connectivity index (χ3v) is 7.49. The molecule has 0 saturated heterocycles. The number of hydrogen-bond donors (Lipinski definition) is 1. The molecule has 4 aromatic rings. The Morgan fingerprint density at radius 2 is 1.78 bits per heavy atom. The maximum atomic E-state index is 13.6. The van der Waals surface area contributed by atoms with E-state index in [1.807, 2.05) is 64.9 Å². The van der Waals surface area contributed by atoms with Gasteiger partial charge in [0.05, 0.1) is 17.3 Å². The molecule has 1 aromatic heterocycles. The molecule has 0 fully saturated rings. The van der Waals surface area contributed by atoms with Crippen molar-refractivity contribution in [2.45, 2.75) is 19.3 Å². The number of nitrogens with one attached hydrogen (secondary N) is 1. The lowest BCUT2D eigenvalue weighted by Crippen LogP contribution is -2.31. The fraction of sp³-hybridized carbons (Fsp3) is 0.200. The van der Waals surface area contributed by atoms with Gasteiger partial charge in [-0.1, -0.05) is 48.5 Å². The van der Waals surface area contributed by atoms with Gasteiger partial charge < -0.3 is 15.0 Å². The SMILES string of the molecule is O=C(Nc1ccc(C(=O)N2CCCCc3sccc32)cc1OCCCl)c1ccccc1-c1ccccc1. The Morgan fingerprint density at radius 3 is 2.62 bits per heavy atom. The van der Waals surface area contributed by atoms with Crippen LogP contribution >= 0.6 is 22.9 Å². The summed E-state index contributed by atoms with van der Waals surface area (Å²) in [7, 11) is 0. The first-order valence-corrected chi connectivity index (χ1v) is 13.7. The molecular formula is C30H27ClN2O3S. The Bertz CT molecular complexity index is 1400. The van der Waals surface area contributed by atoms with Crippen molar-refractivity contribution in [1.82, 2.24) is 0 Å². The summed E-state index contributed by atoms with van der Waals surface area (Å²) in [6.07, 6.45) is 3.02. The third-order valence-electron chi connectivity index (χ3n) is 6.36. The van der Waals surface area contributed by atoms with Crippen LogP contribution in [-0.4, -0.2) is 30.8 Å². The van der Waals surface area contributed by atoms with E-state index in [0.717, 1.165) is 36.1 Å². The first-order chi connectivity index (χ1) is 18.2. The normalized spacial score (nSPS) is 12.9. The highest BCUT2D eigenvalue weighted by Gasteiger charge is 2.24. The number of fused-ring (bicyclic) bond motifs is 1. The minimum absolute atomic E-state index is 0.0791. The maximum absolute atomic E-state index is 13.6. The number of carbonyl (C=O) groups excluding carboxylic acids is 2. The van der Waals surface area contributed by atoms with Crippen LogP contribution in [0.4, 0.5) is 11.4 Å². The van der Waals surface area contributed by atoms with Crippen molar-refractivity contribution >= 4 is 46.1 Å². The zero-order valence-electron chi connectivity index (χ0n) is 20.3. The number of carbonyl (C=O) groups is 2. The highest BCUT2D eigenvalue weighted by molar-refractivity contribution is 7.10. The molecule has 0 saturated carbocycles. The molecule has 3 aromatic carbocycles. The van der Waals surface area contributed by atoms with Crippen molar-refractivity contribution in [3.05, 3.63) is 100 Å². The molecule has 1 aliphatic heterocycles. The number of anilines is 2. The molecule has 37 heavy (non-hydrogen) atoms. The molecule has 188 valence electrons. The number of hydrogen-bond acceptors (Lipinski definition) is 4. The largest absolute Gasteiger partial charge is 0.490 e. The predicted octanol–water partition coefficient (Wildman–Crippen LogP) is 7.27. The first kappa shape index (κ1) is 25.1. The number of nitrogens with zero attached hydrogens (tertiary/aromatic N) is 1. The Labute approximate surface area is 225 Å². The summed E-state index contributed by atoms with van der Waals surface area (Å²) in [5.74, 6) is 0.360. The van der Waals surface area contributed by atoms with Crippen molar-refractivity contribution < 1.29 is 14.3 Å². The monoisotopic (exact) mass is 530 g/mol. The van der Waals surface area contributed by atoms with Crippen LogP contribution in [0.1, 0.15) is 38.4 Å². The van der Waals surface area contributed by atoms with Crippen molar-refractivity contribution in [3.8, 4) is 16.9 Å². The van der Waals surface area contributed by atoms with Crippen LogP contribution in [0.2, 0.25) is 0 Å². The maximum Gasteiger partial charge on any atom is 0.258 e. The van der Waals surface area contributed by atoms with Gasteiger partial charge >= 0.3 is 0 Å². The summed E-state index contributed by atoms with van der Waals surface area (Å²) >= 11 is 7.59. The fourth-order valence-electron chi connectivity index (χ4n) is 4.57. The molecule has 1 N–H and O–H groups in total. The molecule has 1 aliphatic rings. The Morgan fingerprint density at radius 1 is 0.973 bits per heavy atom. The summed E-state index contributed by atoms with van der Waals surface area (Å²) in [5.41, 5.74) is 4.33. The average molecular weight is 531 g/mol. The second-order valence-corrected chi connectivity index (χ2v) is 10.1. The molecule has 7 heteroatoms. The highest BCUT2D eigenvalue weighted by atomic mass is 35.5. The zero-order chi connectivity index (χ0) is 25.6. The van der Waals surface area contributed by atoms with Crippen LogP contribution in [0.5, 0.6) is 5.75 Å². The molecule has 0 aliphatic carbocycles. The van der Waals surface area contributed by atoms with Crippen LogP contribution in [0, 0.1) is 0 Å². The van der Waals surface area contributed by atoms with Crippen molar-refractivity contribution in [3.63, 3.8) is 0 Å². The number of aryl methyl sites for hydroxylation is 1. The molecule has 0 spiro atoms. The van der Waals surface area contributed by atoms with Gasteiger partial charge in [0.2, 0.25) is 0 Å². The van der Waals surface area contributed by atoms with Crippen molar-refractivity contribution in [2.24, 2.45) is 0 Å².